The summed E-state index contributed by atoms with van der Waals surface area (Å²) in [6, 6.07) is 2.05. The fraction of sp³-hybridized carbons (Fsp3) is 0.300. The van der Waals surface area contributed by atoms with Gasteiger partial charge in [-0.15, -0.1) is 13.2 Å². The van der Waals surface area contributed by atoms with Crippen molar-refractivity contribution in [2.24, 2.45) is 5.73 Å². The summed E-state index contributed by atoms with van der Waals surface area (Å²) in [4.78, 5) is 5.45. The van der Waals surface area contributed by atoms with E-state index in [1.807, 2.05) is 18.2 Å². The third-order valence-electron chi connectivity index (χ3n) is 4.04. The van der Waals surface area contributed by atoms with Crippen molar-refractivity contribution in [3.05, 3.63) is 79.1 Å². The minimum atomic E-state index is -0.475. The smallest absolute Gasteiger partial charge is 0.146 e. The van der Waals surface area contributed by atoms with Crippen LogP contribution in [0.5, 0.6) is 0 Å². The van der Waals surface area contributed by atoms with Crippen LogP contribution in [-0.2, 0) is 0 Å². The summed E-state index contributed by atoms with van der Waals surface area (Å²) in [5.41, 5.74) is 8.34. The Morgan fingerprint density at radius 2 is 2.00 bits per heavy atom. The number of aromatic nitrogens is 1. The number of halogens is 1. The molecule has 0 aromatic carbocycles. The Labute approximate surface area is 150 Å². The molecule has 1 aromatic rings. The van der Waals surface area contributed by atoms with Crippen LogP contribution in [0.4, 0.5) is 4.39 Å². The summed E-state index contributed by atoms with van der Waals surface area (Å²) in [5.74, 6) is -0.475. The highest BCUT2D eigenvalue weighted by Crippen LogP contribution is 2.30. The number of nitrogens with one attached hydrogen (secondary N) is 2. The topological polar surface area (TPSA) is 57.1 Å². The Morgan fingerprint density at radius 1 is 1.36 bits per heavy atom. The molecule has 0 aliphatic rings. The number of allylic oxidation sites excluding steroid dienone is 2. The predicted octanol–water partition coefficient (Wildman–Crippen LogP) is 3.68. The second-order valence-electron chi connectivity index (χ2n) is 5.70. The first-order valence-corrected chi connectivity index (χ1v) is 8.26. The molecule has 1 rings (SSSR count). The Hall–Kier alpha value is -2.37. The lowest BCUT2D eigenvalue weighted by Gasteiger charge is -2.25. The first-order valence-electron chi connectivity index (χ1n) is 8.26. The second kappa shape index (κ2) is 10.5. The highest BCUT2D eigenvalue weighted by atomic mass is 19.1. The fourth-order valence-electron chi connectivity index (χ4n) is 2.73. The van der Waals surface area contributed by atoms with Gasteiger partial charge >= 0.3 is 0 Å². The molecule has 1 atom stereocenters. The standard InChI is InChI=1S/C20H29FN4/c1-6-9-25(10-7-2)15(4)19-11-17(14-24-19)20(18(21)12-22)16(8-3)13-23-5/h6-8,11-12,14-15,23-24H,1-3,9-10,13,22H2,4-5H3/b18-12+,20-16-. The molecular formula is C20H29FN4. The van der Waals surface area contributed by atoms with E-state index in [1.165, 1.54) is 0 Å². The SMILES string of the molecule is C=CCN(CC=C)C(C)c1cc(C(=C(\C=C)CNC)/C(F)=C\N)c[nH]1. The van der Waals surface area contributed by atoms with Crippen LogP contribution in [0.1, 0.15) is 24.2 Å². The third-order valence-corrected chi connectivity index (χ3v) is 4.04. The van der Waals surface area contributed by atoms with Crippen molar-refractivity contribution >= 4 is 5.57 Å². The molecule has 0 saturated carbocycles. The molecule has 25 heavy (non-hydrogen) atoms. The lowest BCUT2D eigenvalue weighted by molar-refractivity contribution is 0.256. The Balaban J connectivity index is 3.28. The molecule has 0 fully saturated rings. The molecule has 0 radical (unpaired) electrons. The van der Waals surface area contributed by atoms with Gasteiger partial charge in [-0.3, -0.25) is 4.90 Å². The maximum Gasteiger partial charge on any atom is 0.146 e. The molecule has 0 saturated heterocycles. The molecule has 0 aliphatic carbocycles. The van der Waals surface area contributed by atoms with E-state index in [4.69, 9.17) is 5.73 Å². The average molecular weight is 344 g/mol. The molecule has 136 valence electrons. The van der Waals surface area contributed by atoms with E-state index in [1.54, 1.807) is 19.3 Å². The van der Waals surface area contributed by atoms with Crippen LogP contribution in [0.3, 0.4) is 0 Å². The minimum absolute atomic E-state index is 0.104. The minimum Gasteiger partial charge on any atom is -0.402 e. The van der Waals surface area contributed by atoms with Gasteiger partial charge in [0.05, 0.1) is 0 Å². The quantitative estimate of drug-likeness (QED) is 0.424. The van der Waals surface area contributed by atoms with E-state index in [0.717, 1.165) is 36.1 Å². The number of nitrogens with two attached hydrogens (primary N) is 1. The zero-order valence-corrected chi connectivity index (χ0v) is 15.2. The van der Waals surface area contributed by atoms with Crippen molar-refractivity contribution in [3.8, 4) is 0 Å². The van der Waals surface area contributed by atoms with Gasteiger partial charge in [-0.25, -0.2) is 4.39 Å². The molecule has 4 nitrogen and oxygen atoms in total. The van der Waals surface area contributed by atoms with E-state index in [-0.39, 0.29) is 6.04 Å². The van der Waals surface area contributed by atoms with Crippen molar-refractivity contribution in [3.63, 3.8) is 0 Å². The number of nitrogens with zero attached hydrogens (tertiary/aromatic N) is 1. The molecule has 1 unspecified atom stereocenters. The van der Waals surface area contributed by atoms with Gasteiger partial charge in [-0.1, -0.05) is 24.8 Å². The normalized spacial score (nSPS) is 14.2. The van der Waals surface area contributed by atoms with E-state index >= 15 is 0 Å². The molecule has 0 amide bonds. The molecular weight excluding hydrogens is 315 g/mol. The molecule has 0 aliphatic heterocycles. The third kappa shape index (κ3) is 5.31. The van der Waals surface area contributed by atoms with Gasteiger partial charge in [0.1, 0.15) is 5.83 Å². The molecule has 0 spiro atoms. The average Bonchev–Trinajstić information content (AvgIpc) is 3.09. The van der Waals surface area contributed by atoms with Crippen molar-refractivity contribution in [2.75, 3.05) is 26.7 Å². The summed E-state index contributed by atoms with van der Waals surface area (Å²) in [5, 5.41) is 3.02. The van der Waals surface area contributed by atoms with Gasteiger partial charge in [0, 0.05) is 54.9 Å². The first kappa shape index (κ1) is 20.7. The number of H-pyrrole nitrogens is 1. The monoisotopic (exact) mass is 344 g/mol. The first-order chi connectivity index (χ1) is 12.0. The van der Waals surface area contributed by atoms with Gasteiger partial charge in [0.15, 0.2) is 0 Å². The lowest BCUT2D eigenvalue weighted by Crippen LogP contribution is -2.27. The van der Waals surface area contributed by atoms with Gasteiger partial charge in [0.2, 0.25) is 0 Å². The van der Waals surface area contributed by atoms with Crippen LogP contribution >= 0.6 is 0 Å². The fourth-order valence-corrected chi connectivity index (χ4v) is 2.73. The molecule has 1 heterocycles. The Bertz CT molecular complexity index is 644. The summed E-state index contributed by atoms with van der Waals surface area (Å²) < 4.78 is 14.4. The van der Waals surface area contributed by atoms with Crippen molar-refractivity contribution in [1.82, 2.24) is 15.2 Å². The second-order valence-corrected chi connectivity index (χ2v) is 5.70. The number of aromatic amines is 1. The molecule has 1 aromatic heterocycles. The maximum atomic E-state index is 14.4. The zero-order chi connectivity index (χ0) is 18.8. The highest BCUT2D eigenvalue weighted by molar-refractivity contribution is 5.81. The number of likely N-dealkylation sites (N-methyl/N-ethyl adjacent to an activating group) is 1. The van der Waals surface area contributed by atoms with Crippen molar-refractivity contribution < 1.29 is 4.39 Å². The summed E-state index contributed by atoms with van der Waals surface area (Å²) in [7, 11) is 1.80. The van der Waals surface area contributed by atoms with E-state index in [9.17, 15) is 4.39 Å². The lowest BCUT2D eigenvalue weighted by atomic mass is 10.00. The number of hydrogen-bond donors (Lipinski definition) is 3. The summed E-state index contributed by atoms with van der Waals surface area (Å²) in [6.07, 6.45) is 8.13. The van der Waals surface area contributed by atoms with E-state index in [0.29, 0.717) is 12.1 Å². The number of rotatable bonds is 11. The maximum absolute atomic E-state index is 14.4. The molecule has 5 heteroatoms. The van der Waals surface area contributed by atoms with Crippen LogP contribution in [0, 0.1) is 0 Å². The largest absolute Gasteiger partial charge is 0.402 e. The molecule has 4 N–H and O–H groups in total. The van der Waals surface area contributed by atoms with Crippen LogP contribution in [0.15, 0.2) is 67.8 Å². The van der Waals surface area contributed by atoms with Crippen LogP contribution in [0.2, 0.25) is 0 Å². The van der Waals surface area contributed by atoms with E-state index in [2.05, 4.69) is 41.9 Å². The van der Waals surface area contributed by atoms with Gasteiger partial charge < -0.3 is 16.0 Å². The van der Waals surface area contributed by atoms with Gasteiger partial charge in [-0.2, -0.15) is 0 Å². The Morgan fingerprint density at radius 3 is 2.48 bits per heavy atom. The highest BCUT2D eigenvalue weighted by Gasteiger charge is 2.19. The van der Waals surface area contributed by atoms with Crippen molar-refractivity contribution in [2.45, 2.75) is 13.0 Å². The van der Waals surface area contributed by atoms with Gasteiger partial charge in [0.25, 0.3) is 0 Å². The van der Waals surface area contributed by atoms with Crippen LogP contribution in [-0.4, -0.2) is 36.6 Å². The molecule has 0 bridgehead atoms. The van der Waals surface area contributed by atoms with E-state index < -0.39 is 5.83 Å². The summed E-state index contributed by atoms with van der Waals surface area (Å²) >= 11 is 0. The predicted molar refractivity (Wildman–Crippen MR) is 106 cm³/mol. The Kier molecular flexibility index (Phi) is 8.67. The summed E-state index contributed by atoms with van der Waals surface area (Å²) in [6.45, 7) is 15.4. The van der Waals surface area contributed by atoms with Gasteiger partial charge in [-0.05, 0) is 25.6 Å². The zero-order valence-electron chi connectivity index (χ0n) is 15.2. The number of hydrogen-bond acceptors (Lipinski definition) is 3. The van der Waals surface area contributed by atoms with Crippen LogP contribution < -0.4 is 11.1 Å². The van der Waals surface area contributed by atoms with Crippen molar-refractivity contribution in [1.29, 1.82) is 0 Å². The van der Waals surface area contributed by atoms with Crippen LogP contribution in [0.25, 0.3) is 5.57 Å².